The molecular weight excluding hydrogens is 268 g/mol. The smallest absolute Gasteiger partial charge is 0.329 e. The number of carboxylic acid groups (broad SMARTS) is 1. The molecule has 1 saturated carbocycles. The molecule has 2 unspecified atom stereocenters. The first-order valence-electron chi connectivity index (χ1n) is 8.08. The molecule has 1 aliphatic rings. The summed E-state index contributed by atoms with van der Waals surface area (Å²) in [5, 5.41) is 12.3. The van der Waals surface area contributed by atoms with Crippen molar-refractivity contribution in [2.75, 3.05) is 0 Å². The van der Waals surface area contributed by atoms with Crippen molar-refractivity contribution in [1.29, 1.82) is 0 Å². The lowest BCUT2D eigenvalue weighted by Crippen LogP contribution is -2.57. The lowest BCUT2D eigenvalue weighted by atomic mass is 9.77. The first-order chi connectivity index (χ1) is 9.77. The molecule has 0 radical (unpaired) electrons. The minimum Gasteiger partial charge on any atom is -0.480 e. The number of aliphatic carboxylic acids is 1. The molecule has 4 N–H and O–H groups in total. The van der Waals surface area contributed by atoms with Crippen LogP contribution < -0.4 is 11.1 Å². The second kappa shape index (κ2) is 7.78. The number of nitrogens with one attached hydrogen (secondary N) is 1. The predicted octanol–water partition coefficient (Wildman–Crippen LogP) is 2.29. The van der Waals surface area contributed by atoms with Gasteiger partial charge in [0.05, 0.1) is 0 Å². The summed E-state index contributed by atoms with van der Waals surface area (Å²) in [7, 11) is 0. The van der Waals surface area contributed by atoms with Gasteiger partial charge in [0.1, 0.15) is 5.54 Å². The standard InChI is InChI=1S/C16H30N2O3/c1-11-7-9-16(10-8-11,15(20)21)18-14(19)12(2)5-4-6-13(3)17/h11-13H,4-10,17H2,1-3H3,(H,18,19)(H,20,21). The number of amides is 1. The maximum Gasteiger partial charge on any atom is 0.329 e. The van der Waals surface area contributed by atoms with Crippen molar-refractivity contribution in [2.45, 2.75) is 77.3 Å². The van der Waals surface area contributed by atoms with E-state index < -0.39 is 11.5 Å². The normalized spacial score (nSPS) is 28.7. The summed E-state index contributed by atoms with van der Waals surface area (Å²) in [5.74, 6) is -0.667. The van der Waals surface area contributed by atoms with Crippen LogP contribution in [0.3, 0.4) is 0 Å². The largest absolute Gasteiger partial charge is 0.480 e. The number of rotatable bonds is 7. The highest BCUT2D eigenvalue weighted by molar-refractivity contribution is 5.88. The fourth-order valence-corrected chi connectivity index (χ4v) is 2.88. The van der Waals surface area contributed by atoms with Crippen molar-refractivity contribution < 1.29 is 14.7 Å². The van der Waals surface area contributed by atoms with Crippen molar-refractivity contribution in [2.24, 2.45) is 17.6 Å². The SMILES string of the molecule is CC(N)CCCC(C)C(=O)NC1(C(=O)O)CCC(C)CC1. The molecule has 0 saturated heterocycles. The van der Waals surface area contributed by atoms with Gasteiger partial charge >= 0.3 is 5.97 Å². The highest BCUT2D eigenvalue weighted by atomic mass is 16.4. The van der Waals surface area contributed by atoms with E-state index in [1.165, 1.54) is 0 Å². The van der Waals surface area contributed by atoms with E-state index in [0.29, 0.717) is 18.8 Å². The molecule has 1 fully saturated rings. The van der Waals surface area contributed by atoms with Crippen LogP contribution in [0.2, 0.25) is 0 Å². The van der Waals surface area contributed by atoms with E-state index in [9.17, 15) is 14.7 Å². The van der Waals surface area contributed by atoms with E-state index in [1.54, 1.807) is 0 Å². The van der Waals surface area contributed by atoms with E-state index >= 15 is 0 Å². The minimum atomic E-state index is -1.06. The fourth-order valence-electron chi connectivity index (χ4n) is 2.88. The molecular formula is C16H30N2O3. The monoisotopic (exact) mass is 298 g/mol. The lowest BCUT2D eigenvalue weighted by Gasteiger charge is -2.37. The number of hydrogen-bond donors (Lipinski definition) is 3. The van der Waals surface area contributed by atoms with E-state index in [0.717, 1.165) is 32.1 Å². The second-order valence-electron chi connectivity index (χ2n) is 6.87. The van der Waals surface area contributed by atoms with Crippen LogP contribution in [0.25, 0.3) is 0 Å². The van der Waals surface area contributed by atoms with Crippen molar-refractivity contribution in [3.63, 3.8) is 0 Å². The van der Waals surface area contributed by atoms with Gasteiger partial charge in [0, 0.05) is 12.0 Å². The number of carbonyl (C=O) groups excluding carboxylic acids is 1. The van der Waals surface area contributed by atoms with Gasteiger partial charge in [-0.25, -0.2) is 4.79 Å². The Balaban J connectivity index is 2.55. The average Bonchev–Trinajstić information content (AvgIpc) is 2.40. The summed E-state index contributed by atoms with van der Waals surface area (Å²) >= 11 is 0. The zero-order chi connectivity index (χ0) is 16.0. The molecule has 1 amide bonds. The van der Waals surface area contributed by atoms with Crippen LogP contribution in [0.1, 0.15) is 65.7 Å². The topological polar surface area (TPSA) is 92.4 Å². The molecule has 0 spiro atoms. The lowest BCUT2D eigenvalue weighted by molar-refractivity contribution is -0.150. The molecule has 122 valence electrons. The zero-order valence-corrected chi connectivity index (χ0v) is 13.5. The third-order valence-electron chi connectivity index (χ3n) is 4.64. The molecule has 0 aromatic rings. The summed E-state index contributed by atoms with van der Waals surface area (Å²) < 4.78 is 0. The van der Waals surface area contributed by atoms with Crippen LogP contribution in [0, 0.1) is 11.8 Å². The van der Waals surface area contributed by atoms with Gasteiger partial charge in [-0.3, -0.25) is 4.79 Å². The van der Waals surface area contributed by atoms with Gasteiger partial charge in [-0.15, -0.1) is 0 Å². The zero-order valence-electron chi connectivity index (χ0n) is 13.5. The number of nitrogens with two attached hydrogens (primary N) is 1. The first kappa shape index (κ1) is 18.0. The molecule has 21 heavy (non-hydrogen) atoms. The molecule has 5 nitrogen and oxygen atoms in total. The van der Waals surface area contributed by atoms with Gasteiger partial charge in [0.2, 0.25) is 5.91 Å². The number of hydrogen-bond acceptors (Lipinski definition) is 3. The third kappa shape index (κ3) is 5.30. The molecule has 5 heteroatoms. The molecule has 2 atom stereocenters. The maximum atomic E-state index is 12.3. The van der Waals surface area contributed by atoms with E-state index in [4.69, 9.17) is 5.73 Å². The van der Waals surface area contributed by atoms with Crippen LogP contribution in [0.15, 0.2) is 0 Å². The Kier molecular flexibility index (Phi) is 6.65. The van der Waals surface area contributed by atoms with Crippen molar-refractivity contribution in [1.82, 2.24) is 5.32 Å². The Bertz CT molecular complexity index is 361. The van der Waals surface area contributed by atoms with Gasteiger partial charge < -0.3 is 16.2 Å². The van der Waals surface area contributed by atoms with Gasteiger partial charge in [-0.2, -0.15) is 0 Å². The molecule has 1 aliphatic carbocycles. The Labute approximate surface area is 127 Å². The van der Waals surface area contributed by atoms with Crippen molar-refractivity contribution in [3.8, 4) is 0 Å². The average molecular weight is 298 g/mol. The Morgan fingerprint density at radius 1 is 1.29 bits per heavy atom. The van der Waals surface area contributed by atoms with Crippen LogP contribution in [-0.4, -0.2) is 28.6 Å². The van der Waals surface area contributed by atoms with Crippen LogP contribution in [-0.2, 0) is 9.59 Å². The summed E-state index contributed by atoms with van der Waals surface area (Å²) in [6.45, 7) is 5.94. The molecule has 0 heterocycles. The predicted molar refractivity (Wildman–Crippen MR) is 82.8 cm³/mol. The first-order valence-corrected chi connectivity index (χ1v) is 8.08. The maximum absolute atomic E-state index is 12.3. The summed E-state index contributed by atoms with van der Waals surface area (Å²) in [4.78, 5) is 23.9. The molecule has 0 aromatic heterocycles. The van der Waals surface area contributed by atoms with Crippen LogP contribution >= 0.6 is 0 Å². The number of carboxylic acids is 1. The number of carbonyl (C=O) groups is 2. The summed E-state index contributed by atoms with van der Waals surface area (Å²) in [5.41, 5.74) is 4.64. The Morgan fingerprint density at radius 2 is 1.86 bits per heavy atom. The highest BCUT2D eigenvalue weighted by Crippen LogP contribution is 2.32. The van der Waals surface area contributed by atoms with E-state index in [-0.39, 0.29) is 17.9 Å². The molecule has 0 aliphatic heterocycles. The Morgan fingerprint density at radius 3 is 2.33 bits per heavy atom. The highest BCUT2D eigenvalue weighted by Gasteiger charge is 2.42. The van der Waals surface area contributed by atoms with Gasteiger partial charge in [0.25, 0.3) is 0 Å². The second-order valence-corrected chi connectivity index (χ2v) is 6.87. The van der Waals surface area contributed by atoms with Gasteiger partial charge in [-0.05, 0) is 51.4 Å². The molecule has 1 rings (SSSR count). The quantitative estimate of drug-likeness (QED) is 0.672. The van der Waals surface area contributed by atoms with E-state index in [2.05, 4.69) is 12.2 Å². The molecule has 0 aromatic carbocycles. The van der Waals surface area contributed by atoms with Crippen LogP contribution in [0.5, 0.6) is 0 Å². The third-order valence-corrected chi connectivity index (χ3v) is 4.64. The molecule has 0 bridgehead atoms. The minimum absolute atomic E-state index is 0.142. The van der Waals surface area contributed by atoms with Crippen molar-refractivity contribution >= 4 is 11.9 Å². The summed E-state index contributed by atoms with van der Waals surface area (Å²) in [6, 6.07) is 0.144. The fraction of sp³-hybridized carbons (Fsp3) is 0.875. The van der Waals surface area contributed by atoms with Crippen molar-refractivity contribution in [3.05, 3.63) is 0 Å². The van der Waals surface area contributed by atoms with Gasteiger partial charge in [-0.1, -0.05) is 20.3 Å². The van der Waals surface area contributed by atoms with Crippen LogP contribution in [0.4, 0.5) is 0 Å². The Hall–Kier alpha value is -1.10. The summed E-state index contributed by atoms with van der Waals surface area (Å²) in [6.07, 6.45) is 5.29. The van der Waals surface area contributed by atoms with Gasteiger partial charge in [0.15, 0.2) is 0 Å². The van der Waals surface area contributed by atoms with E-state index in [1.807, 2.05) is 13.8 Å².